The molecule has 0 saturated heterocycles. The van der Waals surface area contributed by atoms with Crippen LogP contribution in [0.2, 0.25) is 5.02 Å². The van der Waals surface area contributed by atoms with E-state index in [-0.39, 0.29) is 28.1 Å². The molecular weight excluding hydrogens is 424 g/mol. The molecule has 0 aliphatic rings. The van der Waals surface area contributed by atoms with E-state index in [0.717, 1.165) is 18.4 Å². The molecule has 7 nitrogen and oxygen atoms in total. The Bertz CT molecular complexity index is 1370. The van der Waals surface area contributed by atoms with Crippen LogP contribution in [-0.2, 0) is 9.84 Å². The summed E-state index contributed by atoms with van der Waals surface area (Å²) in [6.07, 6.45) is 0.915. The Balaban J connectivity index is 2.09. The molecule has 29 heavy (non-hydrogen) atoms. The molecule has 0 spiro atoms. The van der Waals surface area contributed by atoms with E-state index in [2.05, 4.69) is 15.1 Å². The van der Waals surface area contributed by atoms with Crippen LogP contribution in [0.3, 0.4) is 0 Å². The van der Waals surface area contributed by atoms with E-state index in [1.165, 1.54) is 4.68 Å². The number of sulfone groups is 1. The number of nitrogen functional groups attached to an aromatic ring is 1. The quantitative estimate of drug-likeness (QED) is 0.494. The van der Waals surface area contributed by atoms with E-state index in [1.807, 2.05) is 0 Å². The zero-order valence-corrected chi connectivity index (χ0v) is 16.3. The lowest BCUT2D eigenvalue weighted by Gasteiger charge is -2.07. The van der Waals surface area contributed by atoms with Crippen LogP contribution >= 0.6 is 11.6 Å². The Hall–Kier alpha value is -3.11. The predicted octanol–water partition coefficient (Wildman–Crippen LogP) is 3.40. The average molecular weight is 436 g/mol. The molecule has 2 heterocycles. The monoisotopic (exact) mass is 435 g/mol. The summed E-state index contributed by atoms with van der Waals surface area (Å²) in [6, 6.07) is 9.39. The van der Waals surface area contributed by atoms with Gasteiger partial charge in [0.25, 0.3) is 0 Å². The highest BCUT2D eigenvalue weighted by atomic mass is 35.5. The second-order valence-electron chi connectivity index (χ2n) is 6.22. The maximum atomic E-state index is 14.5. The summed E-state index contributed by atoms with van der Waals surface area (Å²) >= 11 is 5.90. The van der Waals surface area contributed by atoms with Crippen LogP contribution in [-0.4, -0.2) is 34.4 Å². The van der Waals surface area contributed by atoms with Crippen molar-refractivity contribution in [1.82, 2.24) is 19.7 Å². The Labute approximate surface area is 168 Å². The van der Waals surface area contributed by atoms with Crippen molar-refractivity contribution in [1.29, 1.82) is 0 Å². The molecule has 0 radical (unpaired) electrons. The van der Waals surface area contributed by atoms with E-state index in [1.54, 1.807) is 24.3 Å². The SMILES string of the molecule is CS(=O)(=O)c1nc(-c2ccc(F)cc2F)c2c(N)n(-c3ccc(Cl)cc3)nc2n1. The van der Waals surface area contributed by atoms with Crippen molar-refractivity contribution >= 4 is 38.3 Å². The highest BCUT2D eigenvalue weighted by Gasteiger charge is 2.24. The van der Waals surface area contributed by atoms with E-state index in [9.17, 15) is 17.2 Å². The van der Waals surface area contributed by atoms with Crippen molar-refractivity contribution in [2.45, 2.75) is 5.16 Å². The first kappa shape index (κ1) is 19.2. The van der Waals surface area contributed by atoms with Crippen LogP contribution in [0.4, 0.5) is 14.6 Å². The minimum Gasteiger partial charge on any atom is -0.383 e. The van der Waals surface area contributed by atoms with Crippen LogP contribution in [0.5, 0.6) is 0 Å². The van der Waals surface area contributed by atoms with Crippen LogP contribution in [0.1, 0.15) is 0 Å². The number of benzene rings is 2. The molecule has 0 aliphatic heterocycles. The van der Waals surface area contributed by atoms with Gasteiger partial charge in [0.1, 0.15) is 17.5 Å². The molecule has 0 saturated carbocycles. The number of rotatable bonds is 3. The van der Waals surface area contributed by atoms with Crippen LogP contribution in [0.25, 0.3) is 28.0 Å². The fourth-order valence-electron chi connectivity index (χ4n) is 2.81. The first-order valence-electron chi connectivity index (χ1n) is 8.13. The van der Waals surface area contributed by atoms with Gasteiger partial charge in [0.05, 0.1) is 16.8 Å². The molecule has 0 atom stereocenters. The van der Waals surface area contributed by atoms with Gasteiger partial charge in [0, 0.05) is 22.9 Å². The van der Waals surface area contributed by atoms with E-state index in [4.69, 9.17) is 17.3 Å². The second-order valence-corrected chi connectivity index (χ2v) is 8.57. The van der Waals surface area contributed by atoms with Crippen molar-refractivity contribution in [2.24, 2.45) is 0 Å². The van der Waals surface area contributed by atoms with Crippen molar-refractivity contribution < 1.29 is 17.2 Å². The van der Waals surface area contributed by atoms with Crippen LogP contribution < -0.4 is 5.73 Å². The summed E-state index contributed by atoms with van der Waals surface area (Å²) in [7, 11) is -3.85. The standard InChI is InChI=1S/C18H12ClF2N5O2S/c1-29(27,28)18-23-15(12-7-4-10(20)8-13(12)21)14-16(22)26(25-17(14)24-18)11-5-2-9(19)3-6-11/h2-8H,22H2,1H3. The maximum Gasteiger partial charge on any atom is 0.249 e. The van der Waals surface area contributed by atoms with Crippen molar-refractivity contribution in [3.8, 4) is 16.9 Å². The number of aromatic nitrogens is 4. The third-order valence-electron chi connectivity index (χ3n) is 4.14. The second kappa shape index (κ2) is 6.75. The van der Waals surface area contributed by atoms with Gasteiger partial charge in [-0.1, -0.05) is 11.6 Å². The smallest absolute Gasteiger partial charge is 0.249 e. The van der Waals surface area contributed by atoms with E-state index >= 15 is 0 Å². The van der Waals surface area contributed by atoms with Gasteiger partial charge in [-0.3, -0.25) is 0 Å². The Kier molecular flexibility index (Phi) is 4.47. The normalized spacial score (nSPS) is 11.9. The Morgan fingerprint density at radius 3 is 2.38 bits per heavy atom. The third kappa shape index (κ3) is 3.40. The fraction of sp³-hybridized carbons (Fsp3) is 0.0556. The number of hydrogen-bond donors (Lipinski definition) is 1. The minimum absolute atomic E-state index is 0.0494. The highest BCUT2D eigenvalue weighted by molar-refractivity contribution is 7.90. The molecule has 2 N–H and O–H groups in total. The number of anilines is 1. The summed E-state index contributed by atoms with van der Waals surface area (Å²) in [4.78, 5) is 7.97. The first-order valence-corrected chi connectivity index (χ1v) is 10.4. The van der Waals surface area contributed by atoms with E-state index < -0.39 is 26.6 Å². The van der Waals surface area contributed by atoms with Gasteiger partial charge in [-0.2, -0.15) is 4.98 Å². The molecule has 0 fully saturated rings. The van der Waals surface area contributed by atoms with E-state index in [0.29, 0.717) is 16.8 Å². The van der Waals surface area contributed by atoms with Gasteiger partial charge in [0.2, 0.25) is 15.0 Å². The van der Waals surface area contributed by atoms with Crippen molar-refractivity contribution in [3.05, 3.63) is 59.1 Å². The largest absolute Gasteiger partial charge is 0.383 e. The van der Waals surface area contributed by atoms with Gasteiger partial charge in [-0.05, 0) is 36.4 Å². The number of hydrogen-bond acceptors (Lipinski definition) is 6. The van der Waals surface area contributed by atoms with Crippen LogP contribution in [0, 0.1) is 11.6 Å². The van der Waals surface area contributed by atoms with Crippen molar-refractivity contribution in [3.63, 3.8) is 0 Å². The van der Waals surface area contributed by atoms with Gasteiger partial charge in [-0.15, -0.1) is 5.10 Å². The zero-order chi connectivity index (χ0) is 20.9. The molecule has 0 bridgehead atoms. The summed E-state index contributed by atoms with van der Waals surface area (Å²) in [6.45, 7) is 0. The molecule has 2 aromatic carbocycles. The Morgan fingerprint density at radius 2 is 1.76 bits per heavy atom. The van der Waals surface area contributed by atoms with Gasteiger partial charge in [-0.25, -0.2) is 26.9 Å². The molecule has 0 aliphatic carbocycles. The summed E-state index contributed by atoms with van der Waals surface area (Å²) in [5, 5.41) is 4.34. The third-order valence-corrected chi connectivity index (χ3v) is 5.24. The average Bonchev–Trinajstić information content (AvgIpc) is 2.98. The van der Waals surface area contributed by atoms with Gasteiger partial charge in [0.15, 0.2) is 5.65 Å². The van der Waals surface area contributed by atoms with Crippen LogP contribution in [0.15, 0.2) is 47.6 Å². The molecule has 11 heteroatoms. The summed E-state index contributed by atoms with van der Waals surface area (Å²) in [5.41, 5.74) is 6.46. The topological polar surface area (TPSA) is 104 Å². The molecular formula is C18H12ClF2N5O2S. The summed E-state index contributed by atoms with van der Waals surface area (Å²) in [5.74, 6) is -1.66. The number of nitrogens with two attached hydrogens (primary N) is 1. The zero-order valence-electron chi connectivity index (χ0n) is 14.8. The minimum atomic E-state index is -3.85. The highest BCUT2D eigenvalue weighted by Crippen LogP contribution is 2.34. The molecule has 0 amide bonds. The lowest BCUT2D eigenvalue weighted by molar-refractivity contribution is 0.584. The molecule has 148 valence electrons. The van der Waals surface area contributed by atoms with Gasteiger partial charge < -0.3 is 5.73 Å². The molecule has 4 aromatic rings. The maximum absolute atomic E-state index is 14.5. The number of nitrogens with zero attached hydrogens (tertiary/aromatic N) is 4. The summed E-state index contributed by atoms with van der Waals surface area (Å²) < 4.78 is 53.2. The fourth-order valence-corrected chi connectivity index (χ4v) is 3.45. The number of fused-ring (bicyclic) bond motifs is 1. The first-order chi connectivity index (χ1) is 13.6. The van der Waals surface area contributed by atoms with Crippen molar-refractivity contribution in [2.75, 3.05) is 12.0 Å². The Morgan fingerprint density at radius 1 is 1.07 bits per heavy atom. The molecule has 4 rings (SSSR count). The predicted molar refractivity (Wildman–Crippen MR) is 105 cm³/mol. The van der Waals surface area contributed by atoms with Gasteiger partial charge >= 0.3 is 0 Å². The lowest BCUT2D eigenvalue weighted by Crippen LogP contribution is -2.06. The molecule has 2 aromatic heterocycles. The molecule has 0 unspecified atom stereocenters. The lowest BCUT2D eigenvalue weighted by atomic mass is 10.1. The number of halogens is 3.